The SMILES string of the molecule is O=C1CCC(c2ccccc2)(P(=O)=O)CC1. The molecule has 1 aliphatic carbocycles. The molecule has 16 heavy (non-hydrogen) atoms. The summed E-state index contributed by atoms with van der Waals surface area (Å²) in [5, 5.41) is -0.815. The average Bonchev–Trinajstić information content (AvgIpc) is 2.31. The highest BCUT2D eigenvalue weighted by Gasteiger charge is 2.41. The van der Waals surface area contributed by atoms with Gasteiger partial charge in [0.15, 0.2) is 0 Å². The van der Waals surface area contributed by atoms with Crippen LogP contribution in [0.1, 0.15) is 31.2 Å². The fourth-order valence-corrected chi connectivity index (χ4v) is 3.22. The zero-order valence-corrected chi connectivity index (χ0v) is 9.78. The van der Waals surface area contributed by atoms with Gasteiger partial charge >= 0.3 is 7.68 Å². The van der Waals surface area contributed by atoms with E-state index in [1.807, 2.05) is 30.3 Å². The van der Waals surface area contributed by atoms with Crippen LogP contribution in [0.25, 0.3) is 0 Å². The number of ketones is 1. The number of hydrogen-bond donors (Lipinski definition) is 0. The normalized spacial score (nSPS) is 19.4. The van der Waals surface area contributed by atoms with Gasteiger partial charge in [-0.25, -0.2) is 9.13 Å². The predicted molar refractivity (Wildman–Crippen MR) is 59.9 cm³/mol. The maximum absolute atomic E-state index is 11.5. The van der Waals surface area contributed by atoms with Crippen molar-refractivity contribution in [1.29, 1.82) is 0 Å². The predicted octanol–water partition coefficient (Wildman–Crippen LogP) is 3.20. The summed E-state index contributed by atoms with van der Waals surface area (Å²) in [5.74, 6) is 0.170. The first-order valence-corrected chi connectivity index (χ1v) is 6.55. The van der Waals surface area contributed by atoms with Crippen molar-refractivity contribution in [2.24, 2.45) is 0 Å². The van der Waals surface area contributed by atoms with Crippen LogP contribution in [0.3, 0.4) is 0 Å². The summed E-state index contributed by atoms with van der Waals surface area (Å²) in [6.45, 7) is 0. The van der Waals surface area contributed by atoms with Crippen LogP contribution in [-0.2, 0) is 19.1 Å². The lowest BCUT2D eigenvalue weighted by Gasteiger charge is -2.30. The maximum Gasteiger partial charge on any atom is 0.326 e. The Morgan fingerprint density at radius 2 is 1.56 bits per heavy atom. The Morgan fingerprint density at radius 3 is 2.06 bits per heavy atom. The van der Waals surface area contributed by atoms with Crippen molar-refractivity contribution in [3.63, 3.8) is 0 Å². The second-order valence-corrected chi connectivity index (χ2v) is 5.56. The molecule has 4 heteroatoms. The molecule has 0 unspecified atom stereocenters. The third-order valence-corrected chi connectivity index (χ3v) is 4.70. The molecule has 1 saturated carbocycles. The van der Waals surface area contributed by atoms with Gasteiger partial charge in [-0.05, 0) is 18.4 Å². The Labute approximate surface area is 94.7 Å². The second kappa shape index (κ2) is 4.34. The molecule has 0 heterocycles. The zero-order valence-electron chi connectivity index (χ0n) is 8.89. The molecular formula is C12H13O3P. The third kappa shape index (κ3) is 1.88. The number of Topliss-reactive ketones (excluding diaryl/α,β-unsaturated/α-hetero) is 1. The highest BCUT2D eigenvalue weighted by molar-refractivity contribution is 7.32. The molecule has 0 N–H and O–H groups in total. The minimum Gasteiger partial charge on any atom is -0.300 e. The van der Waals surface area contributed by atoms with Gasteiger partial charge in [-0.15, -0.1) is 0 Å². The van der Waals surface area contributed by atoms with Gasteiger partial charge in [0.25, 0.3) is 0 Å². The number of rotatable bonds is 2. The van der Waals surface area contributed by atoms with Gasteiger partial charge in [0.2, 0.25) is 0 Å². The first-order chi connectivity index (χ1) is 7.65. The Morgan fingerprint density at radius 1 is 1.00 bits per heavy atom. The standard InChI is InChI=1S/C12H13O3P/c13-11-6-8-12(9-7-11,16(14)15)10-4-2-1-3-5-10/h1-5H,6-9H2. The van der Waals surface area contributed by atoms with E-state index < -0.39 is 12.8 Å². The molecule has 3 nitrogen and oxygen atoms in total. The molecule has 2 rings (SSSR count). The number of benzene rings is 1. The number of carbonyl (C=O) groups excluding carboxylic acids is 1. The average molecular weight is 236 g/mol. The van der Waals surface area contributed by atoms with E-state index in [2.05, 4.69) is 0 Å². The smallest absolute Gasteiger partial charge is 0.300 e. The largest absolute Gasteiger partial charge is 0.326 e. The molecule has 0 spiro atoms. The van der Waals surface area contributed by atoms with Crippen LogP contribution < -0.4 is 0 Å². The number of carbonyl (C=O) groups is 1. The first kappa shape index (κ1) is 11.3. The zero-order chi connectivity index (χ0) is 11.6. The Hall–Kier alpha value is -1.21. The summed E-state index contributed by atoms with van der Waals surface area (Å²) in [7, 11) is -2.55. The van der Waals surface area contributed by atoms with Gasteiger partial charge in [-0.3, -0.25) is 4.79 Å². The highest BCUT2D eigenvalue weighted by Crippen LogP contribution is 2.49. The van der Waals surface area contributed by atoms with Crippen LogP contribution in [0.2, 0.25) is 0 Å². The van der Waals surface area contributed by atoms with Gasteiger partial charge in [0, 0.05) is 12.8 Å². The summed E-state index contributed by atoms with van der Waals surface area (Å²) in [6, 6.07) is 9.21. The molecule has 1 aliphatic rings. The molecule has 1 aromatic carbocycles. The van der Waals surface area contributed by atoms with Gasteiger partial charge in [-0.1, -0.05) is 30.3 Å². The van der Waals surface area contributed by atoms with E-state index in [1.165, 1.54) is 0 Å². The molecule has 0 atom stereocenters. The van der Waals surface area contributed by atoms with Crippen molar-refractivity contribution in [3.8, 4) is 0 Å². The lowest BCUT2D eigenvalue weighted by Crippen LogP contribution is -2.27. The quantitative estimate of drug-likeness (QED) is 0.741. The molecule has 84 valence electrons. The summed E-state index contributed by atoms with van der Waals surface area (Å²) >= 11 is 0. The molecular weight excluding hydrogens is 223 g/mol. The Kier molecular flexibility index (Phi) is 3.06. The molecule has 1 fully saturated rings. The van der Waals surface area contributed by atoms with Crippen LogP contribution in [-0.4, -0.2) is 5.78 Å². The van der Waals surface area contributed by atoms with Crippen LogP contribution in [0.5, 0.6) is 0 Å². The van der Waals surface area contributed by atoms with Crippen molar-refractivity contribution in [2.45, 2.75) is 30.8 Å². The van der Waals surface area contributed by atoms with Gasteiger partial charge in [-0.2, -0.15) is 0 Å². The van der Waals surface area contributed by atoms with E-state index in [0.29, 0.717) is 25.7 Å². The number of hydrogen-bond acceptors (Lipinski definition) is 3. The van der Waals surface area contributed by atoms with E-state index >= 15 is 0 Å². The summed E-state index contributed by atoms with van der Waals surface area (Å²) in [5.41, 5.74) is 0.818. The van der Waals surface area contributed by atoms with Crippen LogP contribution in [0.15, 0.2) is 30.3 Å². The maximum atomic E-state index is 11.5. The van der Waals surface area contributed by atoms with Crippen molar-refractivity contribution >= 4 is 13.5 Å². The Balaban J connectivity index is 2.41. The van der Waals surface area contributed by atoms with E-state index in [-0.39, 0.29) is 5.78 Å². The van der Waals surface area contributed by atoms with Crippen LogP contribution in [0.4, 0.5) is 0 Å². The third-order valence-electron chi connectivity index (χ3n) is 3.30. The van der Waals surface area contributed by atoms with Gasteiger partial charge < -0.3 is 0 Å². The van der Waals surface area contributed by atoms with E-state index in [4.69, 9.17) is 0 Å². The molecule has 0 amide bonds. The van der Waals surface area contributed by atoms with Crippen molar-refractivity contribution < 1.29 is 13.9 Å². The van der Waals surface area contributed by atoms with Crippen molar-refractivity contribution in [2.75, 3.05) is 0 Å². The lowest BCUT2D eigenvalue weighted by molar-refractivity contribution is -0.120. The van der Waals surface area contributed by atoms with Gasteiger partial charge in [0.05, 0.1) is 0 Å². The van der Waals surface area contributed by atoms with E-state index in [0.717, 1.165) is 5.56 Å². The minimum absolute atomic E-state index is 0.170. The molecule has 0 aliphatic heterocycles. The highest BCUT2D eigenvalue weighted by atomic mass is 31.1. The molecule has 0 aromatic heterocycles. The minimum atomic E-state index is -2.55. The molecule has 0 saturated heterocycles. The molecule has 1 aromatic rings. The van der Waals surface area contributed by atoms with Crippen molar-refractivity contribution in [1.82, 2.24) is 0 Å². The summed E-state index contributed by atoms with van der Waals surface area (Å²) in [6.07, 6.45) is 1.60. The molecule has 0 bridgehead atoms. The summed E-state index contributed by atoms with van der Waals surface area (Å²) < 4.78 is 23.0. The fraction of sp³-hybridized carbons (Fsp3) is 0.417. The molecule has 0 radical (unpaired) electrons. The van der Waals surface area contributed by atoms with E-state index in [9.17, 15) is 13.9 Å². The first-order valence-electron chi connectivity index (χ1n) is 5.37. The van der Waals surface area contributed by atoms with Crippen molar-refractivity contribution in [3.05, 3.63) is 35.9 Å². The van der Waals surface area contributed by atoms with Crippen LogP contribution in [0, 0.1) is 0 Å². The van der Waals surface area contributed by atoms with Gasteiger partial charge in [0.1, 0.15) is 10.9 Å². The monoisotopic (exact) mass is 236 g/mol. The topological polar surface area (TPSA) is 51.2 Å². The van der Waals surface area contributed by atoms with E-state index in [1.54, 1.807) is 0 Å². The second-order valence-electron chi connectivity index (χ2n) is 4.19. The lowest BCUT2D eigenvalue weighted by atomic mass is 9.82. The van der Waals surface area contributed by atoms with Crippen LogP contribution >= 0.6 is 7.68 Å². The fourth-order valence-electron chi connectivity index (χ4n) is 2.27. The summed E-state index contributed by atoms with van der Waals surface area (Å²) in [4.78, 5) is 11.2. The Bertz CT molecular complexity index is 444.